The molecule has 25 heavy (non-hydrogen) atoms. The fourth-order valence-electron chi connectivity index (χ4n) is 4.93. The topological polar surface area (TPSA) is 79.0 Å². The van der Waals surface area contributed by atoms with Crippen LogP contribution < -0.4 is 5.32 Å². The highest BCUT2D eigenvalue weighted by Gasteiger charge is 2.56. The first kappa shape index (κ1) is 18.2. The zero-order valence-electron chi connectivity index (χ0n) is 15.6. The molecule has 3 rings (SSSR count). The van der Waals surface area contributed by atoms with Gasteiger partial charge in [-0.2, -0.15) is 0 Å². The number of ether oxygens (including phenoxy) is 1. The molecule has 0 radical (unpaired) electrons. The molecular weight excluding hydrogens is 322 g/mol. The van der Waals surface area contributed by atoms with Gasteiger partial charge in [0.25, 0.3) is 5.91 Å². The highest BCUT2D eigenvalue weighted by Crippen LogP contribution is 2.46. The lowest BCUT2D eigenvalue weighted by Gasteiger charge is -2.43. The summed E-state index contributed by atoms with van der Waals surface area (Å²) in [7, 11) is 0. The maximum Gasteiger partial charge on any atom is 0.325 e. The Morgan fingerprint density at radius 1 is 1.28 bits per heavy atom. The molecule has 0 aromatic carbocycles. The quantitative estimate of drug-likeness (QED) is 0.762. The lowest BCUT2D eigenvalue weighted by atomic mass is 9.64. The largest absolute Gasteiger partial charge is 0.375 e. The predicted molar refractivity (Wildman–Crippen MR) is 91.8 cm³/mol. The molecule has 0 aromatic heterocycles. The first-order valence-electron chi connectivity index (χ1n) is 9.15. The van der Waals surface area contributed by atoms with Gasteiger partial charge in [0.15, 0.2) is 0 Å². The lowest BCUT2D eigenvalue weighted by Crippen LogP contribution is -2.54. The second kappa shape index (κ2) is 6.27. The number of hydrogen-bond donors (Lipinski definition) is 1. The standard InChI is InChI=1S/C18H29N3O4/c1-12-7-17(3,4)11-18(8-12)15(23)21(16(24)19-18)10-14(22)20-5-6-25-13(2)9-20/h12-13H,5-11H2,1-4H3,(H,19,24). The van der Waals surface area contributed by atoms with E-state index in [1.165, 1.54) is 0 Å². The van der Waals surface area contributed by atoms with Crippen molar-refractivity contribution in [1.82, 2.24) is 15.1 Å². The smallest absolute Gasteiger partial charge is 0.325 e. The Hall–Kier alpha value is -1.63. The van der Waals surface area contributed by atoms with E-state index >= 15 is 0 Å². The number of morpholine rings is 1. The SMILES string of the molecule is CC1CC(C)(C)CC2(C1)NC(=O)N(CC(=O)N1CCOC(C)C1)C2=O. The van der Waals surface area contributed by atoms with Gasteiger partial charge in [0.2, 0.25) is 5.91 Å². The van der Waals surface area contributed by atoms with Crippen molar-refractivity contribution in [3.63, 3.8) is 0 Å². The van der Waals surface area contributed by atoms with Crippen molar-refractivity contribution in [1.29, 1.82) is 0 Å². The summed E-state index contributed by atoms with van der Waals surface area (Å²) in [5, 5.41) is 2.91. The third-order valence-electron chi connectivity index (χ3n) is 5.51. The van der Waals surface area contributed by atoms with Crippen LogP contribution in [0.4, 0.5) is 4.79 Å². The molecule has 3 atom stereocenters. The maximum atomic E-state index is 13.1. The Kier molecular flexibility index (Phi) is 4.56. The molecule has 0 bridgehead atoms. The normalized spacial score (nSPS) is 35.2. The summed E-state index contributed by atoms with van der Waals surface area (Å²) in [6, 6.07) is -0.440. The molecule has 2 saturated heterocycles. The zero-order valence-corrected chi connectivity index (χ0v) is 15.6. The number of urea groups is 1. The lowest BCUT2D eigenvalue weighted by molar-refractivity contribution is -0.144. The molecule has 1 N–H and O–H groups in total. The zero-order chi connectivity index (χ0) is 18.4. The molecule has 3 fully saturated rings. The molecule has 2 aliphatic heterocycles. The van der Waals surface area contributed by atoms with Gasteiger partial charge in [0, 0.05) is 13.1 Å². The number of amides is 4. The highest BCUT2D eigenvalue weighted by atomic mass is 16.5. The summed E-state index contributed by atoms with van der Waals surface area (Å²) < 4.78 is 5.44. The van der Waals surface area contributed by atoms with Crippen molar-refractivity contribution >= 4 is 17.8 Å². The van der Waals surface area contributed by atoms with Gasteiger partial charge in [-0.05, 0) is 37.5 Å². The van der Waals surface area contributed by atoms with E-state index in [-0.39, 0.29) is 29.9 Å². The second-order valence-corrected chi connectivity index (χ2v) is 8.78. The van der Waals surface area contributed by atoms with Crippen molar-refractivity contribution in [2.75, 3.05) is 26.2 Å². The number of hydrogen-bond acceptors (Lipinski definition) is 4. The minimum Gasteiger partial charge on any atom is -0.375 e. The highest BCUT2D eigenvalue weighted by molar-refractivity contribution is 6.09. The minimum atomic E-state index is -0.850. The molecule has 1 spiro atoms. The molecule has 140 valence electrons. The third kappa shape index (κ3) is 3.52. The summed E-state index contributed by atoms with van der Waals surface area (Å²) in [4.78, 5) is 40.8. The van der Waals surface area contributed by atoms with Crippen LogP contribution in [0.2, 0.25) is 0 Å². The van der Waals surface area contributed by atoms with Gasteiger partial charge in [-0.15, -0.1) is 0 Å². The molecule has 7 nitrogen and oxygen atoms in total. The van der Waals surface area contributed by atoms with Crippen LogP contribution in [-0.2, 0) is 14.3 Å². The van der Waals surface area contributed by atoms with Gasteiger partial charge in [-0.3, -0.25) is 14.5 Å². The van der Waals surface area contributed by atoms with Crippen LogP contribution in [0, 0.1) is 11.3 Å². The summed E-state index contributed by atoms with van der Waals surface area (Å²) in [5.41, 5.74) is -0.864. The van der Waals surface area contributed by atoms with Crippen LogP contribution in [0.3, 0.4) is 0 Å². The van der Waals surface area contributed by atoms with Crippen LogP contribution in [0.25, 0.3) is 0 Å². The van der Waals surface area contributed by atoms with E-state index in [0.717, 1.165) is 11.3 Å². The first-order chi connectivity index (χ1) is 11.6. The fourth-order valence-corrected chi connectivity index (χ4v) is 4.93. The molecule has 1 saturated carbocycles. The van der Waals surface area contributed by atoms with Gasteiger partial charge in [-0.1, -0.05) is 20.8 Å². The molecule has 0 aromatic rings. The first-order valence-corrected chi connectivity index (χ1v) is 9.15. The Balaban J connectivity index is 1.72. The van der Waals surface area contributed by atoms with E-state index in [2.05, 4.69) is 26.1 Å². The van der Waals surface area contributed by atoms with Crippen molar-refractivity contribution in [2.24, 2.45) is 11.3 Å². The van der Waals surface area contributed by atoms with Gasteiger partial charge in [-0.25, -0.2) is 4.79 Å². The molecule has 1 aliphatic carbocycles. The van der Waals surface area contributed by atoms with E-state index < -0.39 is 11.6 Å². The minimum absolute atomic E-state index is 0.0136. The Morgan fingerprint density at radius 3 is 2.64 bits per heavy atom. The van der Waals surface area contributed by atoms with Gasteiger partial charge < -0.3 is 15.0 Å². The Bertz CT molecular complexity index is 591. The molecule has 7 heteroatoms. The van der Waals surface area contributed by atoms with E-state index in [0.29, 0.717) is 38.5 Å². The average molecular weight is 351 g/mol. The van der Waals surface area contributed by atoms with Crippen molar-refractivity contribution < 1.29 is 19.1 Å². The molecule has 3 unspecified atom stereocenters. The summed E-state index contributed by atoms with van der Waals surface area (Å²) in [6.45, 7) is 9.59. The number of nitrogens with one attached hydrogen (secondary N) is 1. The van der Waals surface area contributed by atoms with Crippen LogP contribution in [0.1, 0.15) is 47.0 Å². The number of imide groups is 1. The number of carbonyl (C=O) groups is 3. The second-order valence-electron chi connectivity index (χ2n) is 8.78. The Morgan fingerprint density at radius 2 is 2.00 bits per heavy atom. The molecule has 2 heterocycles. The number of rotatable bonds is 2. The van der Waals surface area contributed by atoms with Crippen molar-refractivity contribution in [2.45, 2.75) is 58.6 Å². The predicted octanol–water partition coefficient (Wildman–Crippen LogP) is 1.37. The summed E-state index contributed by atoms with van der Waals surface area (Å²) >= 11 is 0. The maximum absolute atomic E-state index is 13.1. The van der Waals surface area contributed by atoms with Crippen LogP contribution >= 0.6 is 0 Å². The molecular formula is C18H29N3O4. The monoisotopic (exact) mass is 351 g/mol. The van der Waals surface area contributed by atoms with Crippen LogP contribution in [0.5, 0.6) is 0 Å². The molecule has 3 aliphatic rings. The van der Waals surface area contributed by atoms with Gasteiger partial charge in [0.05, 0.1) is 12.7 Å². The van der Waals surface area contributed by atoms with E-state index in [9.17, 15) is 14.4 Å². The number of carbonyl (C=O) groups excluding carboxylic acids is 3. The van der Waals surface area contributed by atoms with Gasteiger partial charge in [0.1, 0.15) is 12.1 Å². The average Bonchev–Trinajstić information content (AvgIpc) is 2.68. The van der Waals surface area contributed by atoms with E-state index in [1.54, 1.807) is 4.90 Å². The van der Waals surface area contributed by atoms with Crippen LogP contribution in [-0.4, -0.2) is 65.5 Å². The summed E-state index contributed by atoms with van der Waals surface area (Å²) in [6.07, 6.45) is 2.27. The van der Waals surface area contributed by atoms with Crippen molar-refractivity contribution in [3.8, 4) is 0 Å². The summed E-state index contributed by atoms with van der Waals surface area (Å²) in [5.74, 6) is -0.0886. The number of nitrogens with zero attached hydrogens (tertiary/aromatic N) is 2. The van der Waals surface area contributed by atoms with E-state index in [4.69, 9.17) is 4.74 Å². The van der Waals surface area contributed by atoms with E-state index in [1.807, 2.05) is 6.92 Å². The third-order valence-corrected chi connectivity index (χ3v) is 5.51. The Labute approximate surface area is 149 Å². The molecule has 4 amide bonds. The van der Waals surface area contributed by atoms with Crippen molar-refractivity contribution in [3.05, 3.63) is 0 Å². The van der Waals surface area contributed by atoms with Gasteiger partial charge >= 0.3 is 6.03 Å². The van der Waals surface area contributed by atoms with Crippen LogP contribution in [0.15, 0.2) is 0 Å². The fraction of sp³-hybridized carbons (Fsp3) is 0.833.